The summed E-state index contributed by atoms with van der Waals surface area (Å²) in [6, 6.07) is 16.1. The van der Waals surface area contributed by atoms with Crippen LogP contribution in [0.5, 0.6) is 0 Å². The minimum Gasteiger partial charge on any atom is -0.342 e. The average molecular weight is 352 g/mol. The Balaban J connectivity index is 1.78. The smallest absolute Gasteiger partial charge is 0.226 e. The molecule has 138 valence electrons. The van der Waals surface area contributed by atoms with Gasteiger partial charge in [0.05, 0.1) is 0 Å². The molecule has 1 N–H and O–H groups in total. The first kappa shape index (κ1) is 19.7. The fourth-order valence-corrected chi connectivity index (χ4v) is 2.82. The van der Waals surface area contributed by atoms with Crippen LogP contribution in [0.2, 0.25) is 0 Å². The molecule has 2 aromatic carbocycles. The highest BCUT2D eigenvalue weighted by Crippen LogP contribution is 2.14. The molecule has 0 aliphatic heterocycles. The Morgan fingerprint density at radius 1 is 0.962 bits per heavy atom. The highest BCUT2D eigenvalue weighted by atomic mass is 16.2. The SMILES string of the molecule is CC(=O)N(CCCc1ccccc1)CCC(=O)Nc1ccc(C)c(C)c1. The monoisotopic (exact) mass is 352 g/mol. The Kier molecular flexibility index (Phi) is 7.39. The van der Waals surface area contributed by atoms with E-state index in [0.29, 0.717) is 19.5 Å². The molecule has 4 heteroatoms. The second-order valence-electron chi connectivity index (χ2n) is 6.69. The lowest BCUT2D eigenvalue weighted by molar-refractivity contribution is -0.129. The number of carbonyl (C=O) groups excluding carboxylic acids is 2. The molecule has 0 spiro atoms. The van der Waals surface area contributed by atoms with Crippen molar-refractivity contribution in [3.05, 3.63) is 65.2 Å². The van der Waals surface area contributed by atoms with Gasteiger partial charge in [0.15, 0.2) is 0 Å². The summed E-state index contributed by atoms with van der Waals surface area (Å²) in [5.74, 6) is -0.0559. The third-order valence-electron chi connectivity index (χ3n) is 4.58. The lowest BCUT2D eigenvalue weighted by atomic mass is 10.1. The van der Waals surface area contributed by atoms with Gasteiger partial charge in [-0.25, -0.2) is 0 Å². The standard InChI is InChI=1S/C22H28N2O2/c1-17-11-12-21(16-18(17)2)23-22(26)13-15-24(19(3)25)14-7-10-20-8-5-4-6-9-20/h4-6,8-9,11-12,16H,7,10,13-15H2,1-3H3,(H,23,26). The van der Waals surface area contributed by atoms with Gasteiger partial charge >= 0.3 is 0 Å². The van der Waals surface area contributed by atoms with Crippen molar-refractivity contribution in [2.45, 2.75) is 40.0 Å². The molecular formula is C22H28N2O2. The van der Waals surface area contributed by atoms with E-state index in [1.54, 1.807) is 11.8 Å². The van der Waals surface area contributed by atoms with E-state index in [0.717, 1.165) is 24.1 Å². The van der Waals surface area contributed by atoms with E-state index in [4.69, 9.17) is 0 Å². The predicted octanol–water partition coefficient (Wildman–Crippen LogP) is 4.11. The summed E-state index contributed by atoms with van der Waals surface area (Å²) in [5, 5.41) is 2.91. The van der Waals surface area contributed by atoms with Gasteiger partial charge in [-0.1, -0.05) is 36.4 Å². The molecule has 0 fully saturated rings. The number of rotatable bonds is 8. The van der Waals surface area contributed by atoms with Gasteiger partial charge in [0, 0.05) is 32.1 Å². The van der Waals surface area contributed by atoms with Crippen molar-refractivity contribution in [2.24, 2.45) is 0 Å². The van der Waals surface area contributed by atoms with Crippen LogP contribution in [0.1, 0.15) is 36.5 Å². The van der Waals surface area contributed by atoms with Gasteiger partial charge < -0.3 is 10.2 Å². The van der Waals surface area contributed by atoms with E-state index in [1.165, 1.54) is 11.1 Å². The van der Waals surface area contributed by atoms with Crippen molar-refractivity contribution < 1.29 is 9.59 Å². The van der Waals surface area contributed by atoms with Crippen LogP contribution in [0, 0.1) is 13.8 Å². The van der Waals surface area contributed by atoms with Crippen LogP contribution < -0.4 is 5.32 Å². The lowest BCUT2D eigenvalue weighted by Crippen LogP contribution is -2.33. The van der Waals surface area contributed by atoms with Gasteiger partial charge in [-0.2, -0.15) is 0 Å². The number of nitrogens with one attached hydrogen (secondary N) is 1. The number of carbonyl (C=O) groups is 2. The summed E-state index contributed by atoms with van der Waals surface area (Å²) in [4.78, 5) is 25.8. The molecule has 2 rings (SSSR count). The topological polar surface area (TPSA) is 49.4 Å². The normalized spacial score (nSPS) is 10.4. The van der Waals surface area contributed by atoms with E-state index in [9.17, 15) is 9.59 Å². The minimum absolute atomic E-state index is 0.0112. The van der Waals surface area contributed by atoms with Crippen molar-refractivity contribution in [3.63, 3.8) is 0 Å². The van der Waals surface area contributed by atoms with Crippen molar-refractivity contribution in [2.75, 3.05) is 18.4 Å². The first-order valence-corrected chi connectivity index (χ1v) is 9.12. The molecule has 0 heterocycles. The van der Waals surface area contributed by atoms with Gasteiger partial charge in [0.1, 0.15) is 0 Å². The Labute approximate surface area is 156 Å². The molecule has 0 saturated carbocycles. The third-order valence-corrected chi connectivity index (χ3v) is 4.58. The van der Waals surface area contributed by atoms with Gasteiger partial charge in [-0.05, 0) is 55.5 Å². The van der Waals surface area contributed by atoms with E-state index < -0.39 is 0 Å². The number of hydrogen-bond acceptors (Lipinski definition) is 2. The highest BCUT2D eigenvalue weighted by molar-refractivity contribution is 5.91. The quantitative estimate of drug-likeness (QED) is 0.777. The van der Waals surface area contributed by atoms with Crippen molar-refractivity contribution in [1.82, 2.24) is 4.90 Å². The second-order valence-corrected chi connectivity index (χ2v) is 6.69. The fourth-order valence-electron chi connectivity index (χ4n) is 2.82. The molecule has 26 heavy (non-hydrogen) atoms. The average Bonchev–Trinajstić information content (AvgIpc) is 2.61. The Hall–Kier alpha value is -2.62. The van der Waals surface area contributed by atoms with Gasteiger partial charge in [-0.3, -0.25) is 9.59 Å². The van der Waals surface area contributed by atoms with E-state index >= 15 is 0 Å². The minimum atomic E-state index is -0.0671. The van der Waals surface area contributed by atoms with Gasteiger partial charge in [0.25, 0.3) is 0 Å². The highest BCUT2D eigenvalue weighted by Gasteiger charge is 2.11. The van der Waals surface area contributed by atoms with Crippen LogP contribution in [0.25, 0.3) is 0 Å². The van der Waals surface area contributed by atoms with Crippen molar-refractivity contribution in [1.29, 1.82) is 0 Å². The lowest BCUT2D eigenvalue weighted by Gasteiger charge is -2.21. The number of nitrogens with zero attached hydrogens (tertiary/aromatic N) is 1. The van der Waals surface area contributed by atoms with Crippen LogP contribution in [0.15, 0.2) is 48.5 Å². The van der Waals surface area contributed by atoms with E-state index in [-0.39, 0.29) is 11.8 Å². The first-order valence-electron chi connectivity index (χ1n) is 9.12. The van der Waals surface area contributed by atoms with Crippen LogP contribution in [0.3, 0.4) is 0 Å². The Bertz CT molecular complexity index is 741. The summed E-state index contributed by atoms with van der Waals surface area (Å²) in [5.41, 5.74) is 4.42. The maximum Gasteiger partial charge on any atom is 0.226 e. The number of aryl methyl sites for hydroxylation is 3. The maximum atomic E-state index is 12.2. The number of anilines is 1. The summed E-state index contributed by atoms with van der Waals surface area (Å²) < 4.78 is 0. The van der Waals surface area contributed by atoms with E-state index in [1.807, 2.05) is 50.2 Å². The molecule has 2 aromatic rings. The zero-order chi connectivity index (χ0) is 18.9. The molecule has 0 aliphatic rings. The van der Waals surface area contributed by atoms with Crippen LogP contribution >= 0.6 is 0 Å². The molecule has 0 saturated heterocycles. The molecule has 0 unspecified atom stereocenters. The third kappa shape index (κ3) is 6.36. The van der Waals surface area contributed by atoms with Crippen molar-refractivity contribution in [3.8, 4) is 0 Å². The van der Waals surface area contributed by atoms with Crippen LogP contribution in [-0.4, -0.2) is 29.8 Å². The van der Waals surface area contributed by atoms with Crippen molar-refractivity contribution >= 4 is 17.5 Å². The second kappa shape index (κ2) is 9.76. The van der Waals surface area contributed by atoms with Gasteiger partial charge in [-0.15, -0.1) is 0 Å². The molecule has 0 aliphatic carbocycles. The summed E-state index contributed by atoms with van der Waals surface area (Å²) >= 11 is 0. The van der Waals surface area contributed by atoms with E-state index in [2.05, 4.69) is 17.4 Å². The maximum absolute atomic E-state index is 12.2. The summed E-state index contributed by atoms with van der Waals surface area (Å²) in [6.45, 7) is 6.74. The summed E-state index contributed by atoms with van der Waals surface area (Å²) in [7, 11) is 0. The fraction of sp³-hybridized carbons (Fsp3) is 0.364. The molecule has 0 radical (unpaired) electrons. The number of hydrogen-bond donors (Lipinski definition) is 1. The molecular weight excluding hydrogens is 324 g/mol. The van der Waals surface area contributed by atoms with Crippen LogP contribution in [0.4, 0.5) is 5.69 Å². The largest absolute Gasteiger partial charge is 0.342 e. The predicted molar refractivity (Wildman–Crippen MR) is 106 cm³/mol. The summed E-state index contributed by atoms with van der Waals surface area (Å²) in [6.07, 6.45) is 2.12. The Morgan fingerprint density at radius 3 is 2.35 bits per heavy atom. The number of amides is 2. The van der Waals surface area contributed by atoms with Crippen LogP contribution in [-0.2, 0) is 16.0 Å². The molecule has 0 aromatic heterocycles. The number of benzene rings is 2. The molecule has 0 atom stereocenters. The molecule has 2 amide bonds. The zero-order valence-electron chi connectivity index (χ0n) is 15.9. The molecule has 0 bridgehead atoms. The van der Waals surface area contributed by atoms with Gasteiger partial charge in [0.2, 0.25) is 11.8 Å². The zero-order valence-corrected chi connectivity index (χ0v) is 15.9. The molecule has 4 nitrogen and oxygen atoms in total. The Morgan fingerprint density at radius 2 is 1.69 bits per heavy atom. The first-order chi connectivity index (χ1) is 12.5.